The van der Waals surface area contributed by atoms with Gasteiger partial charge in [0.25, 0.3) is 0 Å². The molecule has 1 aliphatic heterocycles. The molecule has 6 heteroatoms. The van der Waals surface area contributed by atoms with Crippen LogP contribution in [0.15, 0.2) is 12.4 Å². The van der Waals surface area contributed by atoms with Gasteiger partial charge < -0.3 is 10.6 Å². The summed E-state index contributed by atoms with van der Waals surface area (Å²) in [6, 6.07) is 0. The summed E-state index contributed by atoms with van der Waals surface area (Å²) in [7, 11) is 0. The number of likely N-dealkylation sites (tertiary alicyclic amines) is 1. The lowest BCUT2D eigenvalue weighted by Crippen LogP contribution is -2.37. The van der Waals surface area contributed by atoms with Crippen LogP contribution in [0.2, 0.25) is 0 Å². The molecule has 90 valence electrons. The molecule has 0 saturated carbocycles. The van der Waals surface area contributed by atoms with E-state index in [0.717, 1.165) is 25.9 Å². The van der Waals surface area contributed by atoms with Gasteiger partial charge in [-0.1, -0.05) is 0 Å². The zero-order valence-electron chi connectivity index (χ0n) is 9.13. The summed E-state index contributed by atoms with van der Waals surface area (Å²) in [5.74, 6) is 0.137. The Morgan fingerprint density at radius 2 is 2.06 bits per heavy atom. The summed E-state index contributed by atoms with van der Waals surface area (Å²) in [6.45, 7) is 2.07. The quantitative estimate of drug-likeness (QED) is 0.841. The predicted octanol–water partition coefficient (Wildman–Crippen LogP) is 0.900. The molecular formula is C10H17ClN4O. The van der Waals surface area contributed by atoms with Crippen molar-refractivity contribution in [3.8, 4) is 0 Å². The lowest BCUT2D eigenvalue weighted by atomic mass is 10.1. The number of nitrogen functional groups attached to an aromatic ring is 1. The fourth-order valence-corrected chi connectivity index (χ4v) is 1.85. The van der Waals surface area contributed by atoms with E-state index < -0.39 is 0 Å². The largest absolute Gasteiger partial charge is 0.396 e. The van der Waals surface area contributed by atoms with Crippen LogP contribution in [0, 0.1) is 0 Å². The number of carbonyl (C=O) groups is 1. The van der Waals surface area contributed by atoms with Crippen molar-refractivity contribution in [1.82, 2.24) is 14.7 Å². The molecule has 1 fully saturated rings. The smallest absolute Gasteiger partial charge is 0.244 e. The molecule has 0 unspecified atom stereocenters. The number of nitrogens with zero attached hydrogens (tertiary/aromatic N) is 3. The van der Waals surface area contributed by atoms with E-state index >= 15 is 0 Å². The van der Waals surface area contributed by atoms with E-state index in [0.29, 0.717) is 12.2 Å². The number of hydrogen-bond acceptors (Lipinski definition) is 3. The van der Waals surface area contributed by atoms with Gasteiger partial charge in [-0.15, -0.1) is 12.4 Å². The summed E-state index contributed by atoms with van der Waals surface area (Å²) in [5, 5.41) is 3.99. The highest BCUT2D eigenvalue weighted by Crippen LogP contribution is 2.09. The lowest BCUT2D eigenvalue weighted by Gasteiger charge is -2.26. The maximum absolute atomic E-state index is 11.8. The van der Waals surface area contributed by atoms with E-state index in [1.165, 1.54) is 6.42 Å². The number of anilines is 1. The Labute approximate surface area is 101 Å². The standard InChI is InChI=1S/C10H16N4O.ClH/c11-9-6-12-14(7-9)8-10(15)13-4-2-1-3-5-13;/h6-7H,1-5,8,11H2;1H. The lowest BCUT2D eigenvalue weighted by molar-refractivity contribution is -0.132. The Morgan fingerprint density at radius 1 is 1.38 bits per heavy atom. The van der Waals surface area contributed by atoms with Gasteiger partial charge in [-0.3, -0.25) is 9.48 Å². The maximum atomic E-state index is 11.8. The summed E-state index contributed by atoms with van der Waals surface area (Å²) in [4.78, 5) is 13.7. The molecule has 0 bridgehead atoms. The molecule has 0 aromatic carbocycles. The van der Waals surface area contributed by atoms with Crippen molar-refractivity contribution in [2.75, 3.05) is 18.8 Å². The highest BCUT2D eigenvalue weighted by atomic mass is 35.5. The van der Waals surface area contributed by atoms with Crippen LogP contribution in [0.1, 0.15) is 19.3 Å². The molecule has 2 rings (SSSR count). The zero-order valence-corrected chi connectivity index (χ0v) is 9.95. The van der Waals surface area contributed by atoms with Gasteiger partial charge in [0.15, 0.2) is 0 Å². The number of rotatable bonds is 2. The van der Waals surface area contributed by atoms with Crippen molar-refractivity contribution in [2.24, 2.45) is 0 Å². The Kier molecular flexibility index (Phi) is 4.61. The fourth-order valence-electron chi connectivity index (χ4n) is 1.85. The minimum atomic E-state index is 0. The van der Waals surface area contributed by atoms with Gasteiger partial charge in [0, 0.05) is 19.3 Å². The van der Waals surface area contributed by atoms with Crippen LogP contribution in [0.4, 0.5) is 5.69 Å². The summed E-state index contributed by atoms with van der Waals surface area (Å²) in [5.41, 5.74) is 6.12. The second-order valence-corrected chi connectivity index (χ2v) is 3.91. The van der Waals surface area contributed by atoms with Crippen LogP contribution in [-0.4, -0.2) is 33.7 Å². The average molecular weight is 245 g/mol. The number of hydrogen-bond donors (Lipinski definition) is 1. The summed E-state index contributed by atoms with van der Waals surface area (Å²) < 4.78 is 1.59. The first-order chi connectivity index (χ1) is 7.25. The number of aromatic nitrogens is 2. The maximum Gasteiger partial charge on any atom is 0.244 e. The highest BCUT2D eigenvalue weighted by molar-refractivity contribution is 5.85. The second kappa shape index (κ2) is 5.75. The van der Waals surface area contributed by atoms with Crippen LogP contribution in [0.25, 0.3) is 0 Å². The highest BCUT2D eigenvalue weighted by Gasteiger charge is 2.16. The molecule has 0 spiro atoms. The number of carbonyl (C=O) groups excluding carboxylic acids is 1. The van der Waals surface area contributed by atoms with Crippen molar-refractivity contribution in [2.45, 2.75) is 25.8 Å². The molecule has 16 heavy (non-hydrogen) atoms. The van der Waals surface area contributed by atoms with Crippen LogP contribution in [0.3, 0.4) is 0 Å². The summed E-state index contributed by atoms with van der Waals surface area (Å²) >= 11 is 0. The first-order valence-corrected chi connectivity index (χ1v) is 5.31. The van der Waals surface area contributed by atoms with Crippen LogP contribution >= 0.6 is 12.4 Å². The molecule has 0 atom stereocenters. The van der Waals surface area contributed by atoms with Crippen molar-refractivity contribution in [3.63, 3.8) is 0 Å². The van der Waals surface area contributed by atoms with Crippen molar-refractivity contribution in [3.05, 3.63) is 12.4 Å². The minimum Gasteiger partial charge on any atom is -0.396 e. The van der Waals surface area contributed by atoms with Gasteiger partial charge >= 0.3 is 0 Å². The Balaban J connectivity index is 0.00000128. The van der Waals surface area contributed by atoms with Crippen LogP contribution < -0.4 is 5.73 Å². The van der Waals surface area contributed by atoms with Gasteiger partial charge in [-0.25, -0.2) is 0 Å². The van der Waals surface area contributed by atoms with E-state index in [1.807, 2.05) is 4.90 Å². The number of piperidine rings is 1. The van der Waals surface area contributed by atoms with Crippen molar-refractivity contribution in [1.29, 1.82) is 0 Å². The molecular weight excluding hydrogens is 228 g/mol. The van der Waals surface area contributed by atoms with Crippen molar-refractivity contribution >= 4 is 24.0 Å². The molecule has 1 amide bonds. The second-order valence-electron chi connectivity index (χ2n) is 3.91. The third-order valence-corrected chi connectivity index (χ3v) is 2.66. The Morgan fingerprint density at radius 3 is 2.62 bits per heavy atom. The first kappa shape index (κ1) is 12.8. The van der Waals surface area contributed by atoms with E-state index in [2.05, 4.69) is 5.10 Å². The average Bonchev–Trinajstić information content (AvgIpc) is 2.65. The Hall–Kier alpha value is -1.23. The SMILES string of the molecule is Cl.Nc1cnn(CC(=O)N2CCCCC2)c1. The van der Waals surface area contributed by atoms with E-state index in [9.17, 15) is 4.79 Å². The minimum absolute atomic E-state index is 0. The monoisotopic (exact) mass is 244 g/mol. The number of amides is 1. The normalized spacial score (nSPS) is 15.6. The molecule has 1 saturated heterocycles. The van der Waals surface area contributed by atoms with E-state index in [4.69, 9.17) is 5.73 Å². The molecule has 1 aromatic heterocycles. The zero-order chi connectivity index (χ0) is 10.7. The van der Waals surface area contributed by atoms with Gasteiger partial charge in [-0.2, -0.15) is 5.10 Å². The molecule has 0 aliphatic carbocycles. The van der Waals surface area contributed by atoms with E-state index in [1.54, 1.807) is 17.1 Å². The summed E-state index contributed by atoms with van der Waals surface area (Å²) in [6.07, 6.45) is 6.71. The van der Waals surface area contributed by atoms with E-state index in [-0.39, 0.29) is 18.3 Å². The molecule has 0 radical (unpaired) electrons. The van der Waals surface area contributed by atoms with Gasteiger partial charge in [-0.05, 0) is 19.3 Å². The van der Waals surface area contributed by atoms with Gasteiger partial charge in [0.2, 0.25) is 5.91 Å². The Bertz CT molecular complexity index is 346. The molecule has 1 aromatic rings. The molecule has 1 aliphatic rings. The third-order valence-electron chi connectivity index (χ3n) is 2.66. The van der Waals surface area contributed by atoms with Gasteiger partial charge in [0.05, 0.1) is 11.9 Å². The van der Waals surface area contributed by atoms with Gasteiger partial charge in [0.1, 0.15) is 6.54 Å². The fraction of sp³-hybridized carbons (Fsp3) is 0.600. The van der Waals surface area contributed by atoms with Crippen molar-refractivity contribution < 1.29 is 4.79 Å². The van der Waals surface area contributed by atoms with Crippen LogP contribution in [-0.2, 0) is 11.3 Å². The molecule has 2 N–H and O–H groups in total. The first-order valence-electron chi connectivity index (χ1n) is 5.31. The number of halogens is 1. The number of nitrogens with two attached hydrogens (primary N) is 1. The molecule has 5 nitrogen and oxygen atoms in total. The predicted molar refractivity (Wildman–Crippen MR) is 64.3 cm³/mol. The third kappa shape index (κ3) is 3.13. The molecule has 2 heterocycles. The topological polar surface area (TPSA) is 64.1 Å². The van der Waals surface area contributed by atoms with Crippen LogP contribution in [0.5, 0.6) is 0 Å².